The summed E-state index contributed by atoms with van der Waals surface area (Å²) in [6, 6.07) is 24.1. The van der Waals surface area contributed by atoms with Gasteiger partial charge in [-0.25, -0.2) is 9.18 Å². The van der Waals surface area contributed by atoms with Crippen molar-refractivity contribution < 1.29 is 18.7 Å². The van der Waals surface area contributed by atoms with Gasteiger partial charge in [0.2, 0.25) is 5.43 Å². The average Bonchev–Trinajstić information content (AvgIpc) is 3.36. The van der Waals surface area contributed by atoms with Gasteiger partial charge in [0.05, 0.1) is 19.1 Å². The third kappa shape index (κ3) is 6.73. The monoisotopic (exact) mass is 606 g/mol. The number of aromatic nitrogens is 1. The summed E-state index contributed by atoms with van der Waals surface area (Å²) in [7, 11) is 3.64. The van der Waals surface area contributed by atoms with Gasteiger partial charge in [-0.15, -0.1) is 23.7 Å². The molecule has 0 unspecified atom stereocenters. The van der Waals surface area contributed by atoms with Crippen molar-refractivity contribution in [2.75, 3.05) is 20.8 Å². The first kappa shape index (κ1) is 31.0. The second kappa shape index (κ2) is 13.8. The highest BCUT2D eigenvalue weighted by Crippen LogP contribution is 2.39. The van der Waals surface area contributed by atoms with Crippen LogP contribution in [0, 0.1) is 5.82 Å². The van der Waals surface area contributed by atoms with Crippen molar-refractivity contribution in [1.29, 1.82) is 0 Å². The molecular weight excluding hydrogens is 575 g/mol. The lowest BCUT2D eigenvalue weighted by atomic mass is 10.0. The van der Waals surface area contributed by atoms with Crippen LogP contribution < -0.4 is 10.2 Å². The topological polar surface area (TPSA) is 60.8 Å². The molecule has 0 spiro atoms. The Labute approximate surface area is 254 Å². The molecule has 9 heteroatoms. The SMILES string of the molecule is CCOC(=O)c1cn(Cc2ccc(F)cc2)c2sc(-c3ccc(OC)cc3)c(CN(C)Cc3ccccc3)c2c1=O.Cl. The van der Waals surface area contributed by atoms with Crippen LogP contribution in [0.5, 0.6) is 5.75 Å². The quantitative estimate of drug-likeness (QED) is 0.158. The highest BCUT2D eigenvalue weighted by atomic mass is 35.5. The van der Waals surface area contributed by atoms with Crippen LogP contribution in [-0.4, -0.2) is 36.2 Å². The number of carbonyl (C=O) groups excluding carboxylic acids is 1. The second-order valence-electron chi connectivity index (χ2n) is 9.82. The van der Waals surface area contributed by atoms with Gasteiger partial charge in [0.15, 0.2) is 0 Å². The molecule has 0 N–H and O–H groups in total. The molecule has 6 nitrogen and oxygen atoms in total. The molecule has 5 aromatic rings. The van der Waals surface area contributed by atoms with Crippen LogP contribution in [0.1, 0.15) is 34.0 Å². The first-order chi connectivity index (χ1) is 19.9. The van der Waals surface area contributed by atoms with Crippen molar-refractivity contribution in [3.63, 3.8) is 0 Å². The number of pyridine rings is 1. The van der Waals surface area contributed by atoms with Crippen LogP contribution in [-0.2, 0) is 24.4 Å². The van der Waals surface area contributed by atoms with Crippen LogP contribution in [0.3, 0.4) is 0 Å². The Kier molecular flexibility index (Phi) is 10.2. The molecule has 0 atom stereocenters. The molecule has 0 aliphatic heterocycles. The van der Waals surface area contributed by atoms with Crippen molar-refractivity contribution in [2.45, 2.75) is 26.6 Å². The molecule has 0 aliphatic rings. The molecule has 2 heterocycles. The number of methoxy groups -OCH3 is 1. The molecule has 0 radical (unpaired) electrons. The minimum absolute atomic E-state index is 0. The van der Waals surface area contributed by atoms with Crippen LogP contribution in [0.2, 0.25) is 0 Å². The first-order valence-corrected chi connectivity index (χ1v) is 14.2. The molecule has 0 aliphatic carbocycles. The van der Waals surface area contributed by atoms with E-state index in [4.69, 9.17) is 9.47 Å². The largest absolute Gasteiger partial charge is 0.497 e. The van der Waals surface area contributed by atoms with Crippen LogP contribution >= 0.6 is 23.7 Å². The van der Waals surface area contributed by atoms with Gasteiger partial charge in [0.1, 0.15) is 22.0 Å². The van der Waals surface area contributed by atoms with Crippen molar-refractivity contribution in [3.05, 3.63) is 123 Å². The van der Waals surface area contributed by atoms with Gasteiger partial charge in [0.25, 0.3) is 0 Å². The summed E-state index contributed by atoms with van der Waals surface area (Å²) in [5.41, 5.74) is 3.41. The number of halogens is 2. The number of carbonyl (C=O) groups is 1. The molecule has 0 bridgehead atoms. The van der Waals surface area contributed by atoms with E-state index in [0.29, 0.717) is 25.0 Å². The summed E-state index contributed by atoms with van der Waals surface area (Å²) in [6.45, 7) is 3.38. The van der Waals surface area contributed by atoms with Crippen LogP contribution in [0.25, 0.3) is 20.7 Å². The van der Waals surface area contributed by atoms with Crippen molar-refractivity contribution in [1.82, 2.24) is 9.47 Å². The number of thiophene rings is 1. The van der Waals surface area contributed by atoms with Crippen molar-refractivity contribution in [3.8, 4) is 16.2 Å². The normalized spacial score (nSPS) is 11.0. The minimum atomic E-state index is -0.659. The molecule has 0 saturated heterocycles. The number of ether oxygens (including phenoxy) is 2. The molecule has 0 fully saturated rings. The van der Waals surface area contributed by atoms with Crippen LogP contribution in [0.4, 0.5) is 4.39 Å². The van der Waals surface area contributed by atoms with E-state index in [0.717, 1.165) is 37.7 Å². The van der Waals surface area contributed by atoms with Gasteiger partial charge in [0, 0.05) is 30.7 Å². The van der Waals surface area contributed by atoms with E-state index in [1.54, 1.807) is 32.4 Å². The number of benzene rings is 3. The van der Waals surface area contributed by atoms with E-state index in [-0.39, 0.29) is 35.8 Å². The standard InChI is InChI=1S/C33H31FN2O4S.ClH/c1-4-40-33(38)28-21-36(19-23-10-14-25(34)15-11-23)32-29(30(28)37)27(20-35(2)18-22-8-6-5-7-9-22)31(41-32)24-12-16-26(39-3)17-13-24;/h5-17,21H,4,18-20H2,1-3H3;1H. The number of hydrogen-bond donors (Lipinski definition) is 0. The Morgan fingerprint density at radius 2 is 1.64 bits per heavy atom. The van der Waals surface area contributed by atoms with E-state index in [1.165, 1.54) is 23.5 Å². The van der Waals surface area contributed by atoms with Gasteiger partial charge in [-0.3, -0.25) is 9.69 Å². The molecule has 5 rings (SSSR count). The Balaban J connectivity index is 0.00000405. The summed E-state index contributed by atoms with van der Waals surface area (Å²) in [4.78, 5) is 30.8. The van der Waals surface area contributed by atoms with E-state index in [2.05, 4.69) is 17.0 Å². The van der Waals surface area contributed by atoms with Gasteiger partial charge >= 0.3 is 5.97 Å². The molecule has 42 heavy (non-hydrogen) atoms. The maximum Gasteiger partial charge on any atom is 0.343 e. The lowest BCUT2D eigenvalue weighted by Gasteiger charge is -2.18. The number of nitrogens with zero attached hydrogens (tertiary/aromatic N) is 2. The third-order valence-electron chi connectivity index (χ3n) is 6.84. The van der Waals surface area contributed by atoms with Gasteiger partial charge in [-0.05, 0) is 72.6 Å². The maximum absolute atomic E-state index is 14.0. The zero-order valence-corrected chi connectivity index (χ0v) is 25.3. The number of hydrogen-bond acceptors (Lipinski definition) is 6. The third-order valence-corrected chi connectivity index (χ3v) is 8.16. The lowest BCUT2D eigenvalue weighted by Crippen LogP contribution is -2.23. The van der Waals surface area contributed by atoms with E-state index in [9.17, 15) is 14.0 Å². The maximum atomic E-state index is 14.0. The minimum Gasteiger partial charge on any atom is -0.497 e. The fourth-order valence-electron chi connectivity index (χ4n) is 4.90. The fraction of sp³-hybridized carbons (Fsp3) is 0.212. The molecular formula is C33H32ClFN2O4S. The first-order valence-electron chi connectivity index (χ1n) is 13.3. The fourth-order valence-corrected chi connectivity index (χ4v) is 6.19. The van der Waals surface area contributed by atoms with Gasteiger partial charge in [-0.2, -0.15) is 0 Å². The predicted octanol–water partition coefficient (Wildman–Crippen LogP) is 7.16. The van der Waals surface area contributed by atoms with Gasteiger partial charge < -0.3 is 14.0 Å². The Hall–Kier alpha value is -3.98. The smallest absolute Gasteiger partial charge is 0.343 e. The molecule has 0 saturated carbocycles. The zero-order valence-electron chi connectivity index (χ0n) is 23.6. The summed E-state index contributed by atoms with van der Waals surface area (Å²) < 4.78 is 26.2. The highest BCUT2D eigenvalue weighted by Gasteiger charge is 2.25. The second-order valence-corrected chi connectivity index (χ2v) is 10.8. The Morgan fingerprint density at radius 3 is 2.29 bits per heavy atom. The van der Waals surface area contributed by atoms with E-state index < -0.39 is 5.97 Å². The number of fused-ring (bicyclic) bond motifs is 1. The average molecular weight is 607 g/mol. The van der Waals surface area contributed by atoms with Crippen molar-refractivity contribution >= 4 is 39.9 Å². The van der Waals surface area contributed by atoms with Crippen molar-refractivity contribution in [2.24, 2.45) is 0 Å². The molecule has 0 amide bonds. The van der Waals surface area contributed by atoms with E-state index in [1.807, 2.05) is 54.1 Å². The van der Waals surface area contributed by atoms with Crippen LogP contribution in [0.15, 0.2) is 89.9 Å². The van der Waals surface area contributed by atoms with E-state index >= 15 is 0 Å². The number of esters is 1. The molecule has 2 aromatic heterocycles. The summed E-state index contributed by atoms with van der Waals surface area (Å²) in [5.74, 6) is -0.251. The van der Waals surface area contributed by atoms with Gasteiger partial charge in [-0.1, -0.05) is 42.5 Å². The number of rotatable bonds is 10. The molecule has 218 valence electrons. The zero-order chi connectivity index (χ0) is 28.9. The summed E-state index contributed by atoms with van der Waals surface area (Å²) >= 11 is 1.50. The highest BCUT2D eigenvalue weighted by molar-refractivity contribution is 7.22. The summed E-state index contributed by atoms with van der Waals surface area (Å²) in [6.07, 6.45) is 1.57. The molecule has 3 aromatic carbocycles. The predicted molar refractivity (Wildman–Crippen MR) is 168 cm³/mol. The summed E-state index contributed by atoms with van der Waals surface area (Å²) in [5, 5.41) is 0.494. The Morgan fingerprint density at radius 1 is 0.952 bits per heavy atom. The lowest BCUT2D eigenvalue weighted by molar-refractivity contribution is 0.0524. The Bertz CT molecular complexity index is 1720.